The van der Waals surface area contributed by atoms with Gasteiger partial charge in [-0.2, -0.15) is 0 Å². The van der Waals surface area contributed by atoms with Crippen LogP contribution in [0.2, 0.25) is 0 Å². The van der Waals surface area contributed by atoms with Crippen LogP contribution in [0, 0.1) is 34.4 Å². The summed E-state index contributed by atoms with van der Waals surface area (Å²) >= 11 is 0. The first kappa shape index (κ1) is 36.3. The highest BCUT2D eigenvalue weighted by Crippen LogP contribution is 2.65. The van der Waals surface area contributed by atoms with E-state index in [2.05, 4.69) is 16.0 Å². The number of primary amides is 1. The maximum atomic E-state index is 14.4. The fourth-order valence-electron chi connectivity index (χ4n) is 7.76. The Labute approximate surface area is 286 Å². The van der Waals surface area contributed by atoms with Crippen molar-refractivity contribution in [2.75, 3.05) is 6.54 Å². The van der Waals surface area contributed by atoms with E-state index in [4.69, 9.17) is 10.5 Å². The lowest BCUT2D eigenvalue weighted by molar-refractivity contribution is -0.154. The molecule has 1 aliphatic heterocycles. The number of esters is 1. The molecule has 268 valence electrons. The predicted molar refractivity (Wildman–Crippen MR) is 177 cm³/mol. The number of nitrogens with zero attached hydrogens (tertiary/aromatic N) is 1. The molecule has 1 heterocycles. The number of halogens is 1. The third-order valence-corrected chi connectivity index (χ3v) is 11.0. The van der Waals surface area contributed by atoms with Crippen LogP contribution in [0.3, 0.4) is 0 Å². The SMILES string of the molecule is CC(C)(C)[C@H](NC(=O)NC1(C(=O)OCc2ccc(F)cc2)CCCCC1)C(=O)N1C[C@H]2[C@@H]([C@H]1C(=O)NC(CC1CC1)C(=O)C(N)=O)C2(C)C. The number of nitrogens with one attached hydrogen (secondary N) is 3. The third kappa shape index (κ3) is 7.91. The number of likely N-dealkylation sites (tertiary alicyclic amines) is 1. The minimum absolute atomic E-state index is 0.0387. The van der Waals surface area contributed by atoms with Crippen molar-refractivity contribution in [3.8, 4) is 0 Å². The number of ether oxygens (including phenoxy) is 1. The van der Waals surface area contributed by atoms with Crippen LogP contribution in [-0.4, -0.2) is 70.6 Å². The Kier molecular flexibility index (Phi) is 10.1. The molecular formula is C36H50FN5O7. The van der Waals surface area contributed by atoms with E-state index in [1.165, 1.54) is 29.2 Å². The van der Waals surface area contributed by atoms with Crippen LogP contribution >= 0.6 is 0 Å². The van der Waals surface area contributed by atoms with Crippen molar-refractivity contribution >= 4 is 35.5 Å². The summed E-state index contributed by atoms with van der Waals surface area (Å²) in [4.78, 5) is 81.4. The number of Topliss-reactive ketones (excluding diaryl/α,β-unsaturated/α-hetero) is 1. The molecule has 49 heavy (non-hydrogen) atoms. The van der Waals surface area contributed by atoms with Gasteiger partial charge in [-0.3, -0.25) is 19.2 Å². The summed E-state index contributed by atoms with van der Waals surface area (Å²) in [6.07, 6.45) is 5.10. The topological polar surface area (TPSA) is 177 Å². The number of amides is 5. The van der Waals surface area contributed by atoms with E-state index in [9.17, 15) is 33.2 Å². The van der Waals surface area contributed by atoms with Gasteiger partial charge in [0.2, 0.25) is 17.6 Å². The summed E-state index contributed by atoms with van der Waals surface area (Å²) in [7, 11) is 0. The predicted octanol–water partition coefficient (Wildman–Crippen LogP) is 3.11. The Bertz CT molecular complexity index is 1480. The maximum absolute atomic E-state index is 14.4. The van der Waals surface area contributed by atoms with Crippen LogP contribution in [0.4, 0.5) is 9.18 Å². The molecule has 5 atom stereocenters. The molecular weight excluding hydrogens is 633 g/mol. The number of carbonyl (C=O) groups excluding carboxylic acids is 6. The Morgan fingerprint density at radius 2 is 1.63 bits per heavy atom. The van der Waals surface area contributed by atoms with Gasteiger partial charge in [0.1, 0.15) is 30.0 Å². The van der Waals surface area contributed by atoms with E-state index in [-0.39, 0.29) is 29.8 Å². The highest BCUT2D eigenvalue weighted by Gasteiger charge is 2.70. The number of benzene rings is 1. The van der Waals surface area contributed by atoms with E-state index in [1.807, 2.05) is 13.8 Å². The molecule has 0 radical (unpaired) electrons. The summed E-state index contributed by atoms with van der Waals surface area (Å²) in [5.74, 6) is -3.87. The Hall–Kier alpha value is -4.03. The van der Waals surface area contributed by atoms with Gasteiger partial charge < -0.3 is 31.3 Å². The van der Waals surface area contributed by atoms with Crippen molar-refractivity contribution in [1.29, 1.82) is 0 Å². The van der Waals surface area contributed by atoms with Crippen LogP contribution in [0.25, 0.3) is 0 Å². The van der Waals surface area contributed by atoms with Crippen LogP contribution < -0.4 is 21.7 Å². The minimum Gasteiger partial charge on any atom is -0.459 e. The van der Waals surface area contributed by atoms with Gasteiger partial charge >= 0.3 is 12.0 Å². The first-order chi connectivity index (χ1) is 22.9. The number of hydrogen-bond acceptors (Lipinski definition) is 7. The van der Waals surface area contributed by atoms with Gasteiger partial charge in [-0.15, -0.1) is 0 Å². The van der Waals surface area contributed by atoms with Crippen LogP contribution in [0.15, 0.2) is 24.3 Å². The van der Waals surface area contributed by atoms with Crippen molar-refractivity contribution in [1.82, 2.24) is 20.9 Å². The van der Waals surface area contributed by atoms with E-state index in [1.54, 1.807) is 20.8 Å². The Morgan fingerprint density at radius 1 is 1.00 bits per heavy atom. The minimum atomic E-state index is -1.31. The lowest BCUT2D eigenvalue weighted by Crippen LogP contribution is -2.64. The lowest BCUT2D eigenvalue weighted by Gasteiger charge is -2.39. The second-order valence-corrected chi connectivity index (χ2v) is 16.1. The molecule has 13 heteroatoms. The zero-order chi connectivity index (χ0) is 35.9. The van der Waals surface area contributed by atoms with Gasteiger partial charge in [-0.25, -0.2) is 14.0 Å². The fraction of sp³-hybridized carbons (Fsp3) is 0.667. The highest BCUT2D eigenvalue weighted by molar-refractivity contribution is 6.37. The van der Waals surface area contributed by atoms with Gasteiger partial charge in [0.05, 0.1) is 6.04 Å². The molecule has 1 saturated heterocycles. The summed E-state index contributed by atoms with van der Waals surface area (Å²) in [6, 6.07) is 1.85. The third-order valence-electron chi connectivity index (χ3n) is 11.0. The first-order valence-electron chi connectivity index (χ1n) is 17.4. The summed E-state index contributed by atoms with van der Waals surface area (Å²) < 4.78 is 19.0. The summed E-state index contributed by atoms with van der Waals surface area (Å²) in [5.41, 5.74) is 3.58. The maximum Gasteiger partial charge on any atom is 0.332 e. The normalized spacial score (nSPS) is 24.9. The molecule has 5 rings (SSSR count). The number of piperidine rings is 1. The Balaban J connectivity index is 1.31. The summed E-state index contributed by atoms with van der Waals surface area (Å²) in [5, 5.41) is 8.42. The van der Waals surface area contributed by atoms with Crippen LogP contribution in [-0.2, 0) is 35.3 Å². The molecule has 3 aliphatic carbocycles. The average molecular weight is 684 g/mol. The molecule has 4 fully saturated rings. The zero-order valence-corrected chi connectivity index (χ0v) is 29.1. The average Bonchev–Trinajstić information content (AvgIpc) is 3.89. The van der Waals surface area contributed by atoms with Crippen LogP contribution in [0.1, 0.15) is 91.5 Å². The molecule has 0 aromatic heterocycles. The van der Waals surface area contributed by atoms with E-state index in [0.29, 0.717) is 44.2 Å². The molecule has 12 nitrogen and oxygen atoms in total. The number of fused-ring (bicyclic) bond motifs is 1. The largest absolute Gasteiger partial charge is 0.459 e. The monoisotopic (exact) mass is 683 g/mol. The Morgan fingerprint density at radius 3 is 2.20 bits per heavy atom. The fourth-order valence-corrected chi connectivity index (χ4v) is 7.76. The van der Waals surface area contributed by atoms with E-state index in [0.717, 1.165) is 19.3 Å². The molecule has 1 aromatic carbocycles. The number of urea groups is 1. The number of nitrogens with two attached hydrogens (primary N) is 1. The van der Waals surface area contributed by atoms with Crippen molar-refractivity contribution in [3.63, 3.8) is 0 Å². The number of carbonyl (C=O) groups is 6. The van der Waals surface area contributed by atoms with Crippen LogP contribution in [0.5, 0.6) is 0 Å². The molecule has 3 saturated carbocycles. The zero-order valence-electron chi connectivity index (χ0n) is 29.1. The first-order valence-corrected chi connectivity index (χ1v) is 17.4. The number of hydrogen-bond donors (Lipinski definition) is 4. The van der Waals surface area contributed by atoms with Crippen molar-refractivity contribution in [2.45, 2.75) is 116 Å². The lowest BCUT2D eigenvalue weighted by atomic mass is 9.81. The van der Waals surface area contributed by atoms with E-state index >= 15 is 0 Å². The highest BCUT2D eigenvalue weighted by atomic mass is 19.1. The standard InChI is InChI=1S/C36H50FN5O7/c1-34(2,3)28(40-33(48)41-36(15-7-6-8-16-36)32(47)49-19-21-11-13-22(37)14-12-21)31(46)42-18-23-25(35(23,4)5)26(42)30(45)39-24(17-20-9-10-20)27(43)29(38)44/h11-14,20,23-26,28H,6-10,15-19H2,1-5H3,(H2,38,44)(H,39,45)(H2,40,41,48)/t23-,24?,25-,26-,28+/m0/s1. The van der Waals surface area contributed by atoms with Gasteiger partial charge in [-0.05, 0) is 65.5 Å². The molecule has 0 spiro atoms. The molecule has 1 unspecified atom stereocenters. The molecule has 4 aliphatic rings. The van der Waals surface area contributed by atoms with Gasteiger partial charge in [0.15, 0.2) is 0 Å². The molecule has 0 bridgehead atoms. The van der Waals surface area contributed by atoms with E-state index < -0.39 is 70.4 Å². The molecule has 1 aromatic rings. The van der Waals surface area contributed by atoms with Gasteiger partial charge in [0, 0.05) is 6.54 Å². The molecule has 5 N–H and O–H groups in total. The number of rotatable bonds is 12. The second kappa shape index (κ2) is 13.7. The summed E-state index contributed by atoms with van der Waals surface area (Å²) in [6.45, 7) is 9.68. The number of ketones is 1. The van der Waals surface area contributed by atoms with Gasteiger partial charge in [0.25, 0.3) is 5.91 Å². The van der Waals surface area contributed by atoms with Crippen molar-refractivity contribution < 1.29 is 37.9 Å². The van der Waals surface area contributed by atoms with Crippen molar-refractivity contribution in [3.05, 3.63) is 35.6 Å². The molecule has 5 amide bonds. The smallest absolute Gasteiger partial charge is 0.332 e. The van der Waals surface area contributed by atoms with Gasteiger partial charge in [-0.1, -0.05) is 78.9 Å². The quantitative estimate of drug-likeness (QED) is 0.193. The second-order valence-electron chi connectivity index (χ2n) is 16.1. The van der Waals surface area contributed by atoms with Crippen molar-refractivity contribution in [2.24, 2.45) is 34.3 Å².